The predicted molar refractivity (Wildman–Crippen MR) is 64.0 cm³/mol. The third-order valence-electron chi connectivity index (χ3n) is 2.49. The number of nitrogens with one attached hydrogen (secondary N) is 2. The Balaban J connectivity index is 2.94. The van der Waals surface area contributed by atoms with Crippen LogP contribution in [-0.2, 0) is 6.42 Å². The Bertz CT molecular complexity index is 327. The van der Waals surface area contributed by atoms with Crippen molar-refractivity contribution in [1.82, 2.24) is 9.97 Å². The van der Waals surface area contributed by atoms with Gasteiger partial charge in [0.05, 0.1) is 12.6 Å². The number of hydrazine groups is 1. The molecule has 0 spiro atoms. The first kappa shape index (κ1) is 12.7. The molecule has 1 rings (SSSR count). The van der Waals surface area contributed by atoms with Crippen LogP contribution in [0.1, 0.15) is 25.8 Å². The average Bonchev–Trinajstić information content (AvgIpc) is 2.35. The first-order chi connectivity index (χ1) is 7.76. The molecule has 0 aliphatic rings. The number of hydrogen-bond acceptors (Lipinski definition) is 6. The van der Waals surface area contributed by atoms with Crippen LogP contribution >= 0.6 is 0 Å². The maximum Gasteiger partial charge on any atom is 0.148 e. The van der Waals surface area contributed by atoms with Crippen molar-refractivity contribution in [2.75, 3.05) is 17.3 Å². The monoisotopic (exact) mass is 225 g/mol. The number of aliphatic hydroxyl groups excluding tert-OH is 1. The van der Waals surface area contributed by atoms with Crippen molar-refractivity contribution in [1.29, 1.82) is 0 Å². The minimum atomic E-state index is 0.00539. The van der Waals surface area contributed by atoms with Crippen LogP contribution in [0.2, 0.25) is 0 Å². The highest BCUT2D eigenvalue weighted by Crippen LogP contribution is 2.20. The van der Waals surface area contributed by atoms with Gasteiger partial charge in [0, 0.05) is 5.56 Å². The maximum absolute atomic E-state index is 9.13. The van der Waals surface area contributed by atoms with Crippen molar-refractivity contribution in [3.05, 3.63) is 11.9 Å². The second-order valence-corrected chi connectivity index (χ2v) is 3.48. The van der Waals surface area contributed by atoms with E-state index in [-0.39, 0.29) is 12.6 Å². The zero-order chi connectivity index (χ0) is 12.0. The summed E-state index contributed by atoms with van der Waals surface area (Å²) in [6, 6.07) is 0.00539. The molecule has 0 amide bonds. The van der Waals surface area contributed by atoms with E-state index in [2.05, 4.69) is 20.7 Å². The van der Waals surface area contributed by atoms with Crippen LogP contribution in [0, 0.1) is 0 Å². The summed E-state index contributed by atoms with van der Waals surface area (Å²) in [5.74, 6) is 6.72. The molecule has 1 unspecified atom stereocenters. The lowest BCUT2D eigenvalue weighted by molar-refractivity contribution is 0.271. The molecule has 90 valence electrons. The second-order valence-electron chi connectivity index (χ2n) is 3.48. The molecule has 5 N–H and O–H groups in total. The number of nitrogen functional groups attached to an aromatic ring is 1. The van der Waals surface area contributed by atoms with Gasteiger partial charge in [-0.05, 0) is 12.8 Å². The third-order valence-corrected chi connectivity index (χ3v) is 2.49. The van der Waals surface area contributed by atoms with Gasteiger partial charge in [-0.3, -0.25) is 0 Å². The summed E-state index contributed by atoms with van der Waals surface area (Å²) in [5.41, 5.74) is 3.47. The van der Waals surface area contributed by atoms with E-state index >= 15 is 0 Å². The smallest absolute Gasteiger partial charge is 0.148 e. The molecule has 6 heteroatoms. The van der Waals surface area contributed by atoms with E-state index in [1.807, 2.05) is 13.8 Å². The maximum atomic E-state index is 9.13. The molecule has 1 atom stereocenters. The van der Waals surface area contributed by atoms with Gasteiger partial charge in [0.15, 0.2) is 0 Å². The molecule has 1 aromatic heterocycles. The minimum absolute atomic E-state index is 0.00539. The van der Waals surface area contributed by atoms with Crippen LogP contribution < -0.4 is 16.6 Å². The summed E-state index contributed by atoms with van der Waals surface area (Å²) in [6.07, 6.45) is 3.04. The molecular weight excluding hydrogens is 206 g/mol. The fraction of sp³-hybridized carbons (Fsp3) is 0.600. The molecule has 0 aliphatic carbocycles. The molecule has 0 saturated heterocycles. The molecule has 0 bridgehead atoms. The van der Waals surface area contributed by atoms with Crippen molar-refractivity contribution >= 4 is 11.6 Å². The van der Waals surface area contributed by atoms with E-state index in [4.69, 9.17) is 10.9 Å². The van der Waals surface area contributed by atoms with Gasteiger partial charge in [-0.1, -0.05) is 13.8 Å². The highest BCUT2D eigenvalue weighted by atomic mass is 16.3. The van der Waals surface area contributed by atoms with E-state index in [1.165, 1.54) is 6.33 Å². The lowest BCUT2D eigenvalue weighted by atomic mass is 10.2. The molecule has 0 aliphatic heterocycles. The number of aromatic nitrogens is 2. The molecular formula is C10H19N5O. The quantitative estimate of drug-likeness (QED) is 0.416. The Morgan fingerprint density at radius 2 is 2.06 bits per heavy atom. The van der Waals surface area contributed by atoms with Crippen LogP contribution in [0.5, 0.6) is 0 Å². The topological polar surface area (TPSA) is 96.1 Å². The van der Waals surface area contributed by atoms with Gasteiger partial charge in [0.1, 0.15) is 18.0 Å². The second kappa shape index (κ2) is 6.24. The molecule has 0 saturated carbocycles. The summed E-state index contributed by atoms with van der Waals surface area (Å²) in [6.45, 7) is 4.09. The highest BCUT2D eigenvalue weighted by Gasteiger charge is 2.12. The van der Waals surface area contributed by atoms with E-state index in [9.17, 15) is 0 Å². The Kier molecular flexibility index (Phi) is 4.94. The lowest BCUT2D eigenvalue weighted by Crippen LogP contribution is -2.24. The van der Waals surface area contributed by atoms with Crippen LogP contribution in [0.15, 0.2) is 6.33 Å². The van der Waals surface area contributed by atoms with Gasteiger partial charge in [-0.25, -0.2) is 15.8 Å². The fourth-order valence-electron chi connectivity index (χ4n) is 1.47. The molecule has 6 nitrogen and oxygen atoms in total. The van der Waals surface area contributed by atoms with Gasteiger partial charge in [-0.2, -0.15) is 0 Å². The summed E-state index contributed by atoms with van der Waals surface area (Å²) < 4.78 is 0. The zero-order valence-corrected chi connectivity index (χ0v) is 9.70. The fourth-order valence-corrected chi connectivity index (χ4v) is 1.47. The first-order valence-corrected chi connectivity index (χ1v) is 5.44. The molecule has 0 fully saturated rings. The van der Waals surface area contributed by atoms with Crippen LogP contribution in [0.25, 0.3) is 0 Å². The number of anilines is 2. The number of hydrogen-bond donors (Lipinski definition) is 4. The van der Waals surface area contributed by atoms with Crippen LogP contribution in [0.4, 0.5) is 11.6 Å². The van der Waals surface area contributed by atoms with Crippen molar-refractivity contribution in [3.63, 3.8) is 0 Å². The third kappa shape index (κ3) is 2.80. The number of aliphatic hydroxyl groups is 1. The van der Waals surface area contributed by atoms with Gasteiger partial charge in [0.25, 0.3) is 0 Å². The van der Waals surface area contributed by atoms with E-state index in [0.717, 1.165) is 24.2 Å². The summed E-state index contributed by atoms with van der Waals surface area (Å²) in [4.78, 5) is 8.20. The van der Waals surface area contributed by atoms with Gasteiger partial charge < -0.3 is 15.8 Å². The average molecular weight is 225 g/mol. The Morgan fingerprint density at radius 1 is 1.38 bits per heavy atom. The van der Waals surface area contributed by atoms with E-state index < -0.39 is 0 Å². The van der Waals surface area contributed by atoms with Crippen molar-refractivity contribution in [2.45, 2.75) is 32.7 Å². The normalized spacial score (nSPS) is 12.2. The van der Waals surface area contributed by atoms with Crippen molar-refractivity contribution in [3.8, 4) is 0 Å². The zero-order valence-electron chi connectivity index (χ0n) is 9.70. The molecule has 0 radical (unpaired) electrons. The molecule has 1 heterocycles. The lowest BCUT2D eigenvalue weighted by Gasteiger charge is -2.18. The summed E-state index contributed by atoms with van der Waals surface area (Å²) in [7, 11) is 0. The van der Waals surface area contributed by atoms with E-state index in [0.29, 0.717) is 5.82 Å². The van der Waals surface area contributed by atoms with Gasteiger partial charge in [0.2, 0.25) is 0 Å². The van der Waals surface area contributed by atoms with Gasteiger partial charge >= 0.3 is 0 Å². The molecule has 1 aromatic rings. The first-order valence-electron chi connectivity index (χ1n) is 5.44. The van der Waals surface area contributed by atoms with E-state index in [1.54, 1.807) is 0 Å². The Labute approximate surface area is 95.3 Å². The number of nitrogens with zero attached hydrogens (tertiary/aromatic N) is 2. The number of nitrogens with two attached hydrogens (primary N) is 1. The molecule has 0 aromatic carbocycles. The Hall–Kier alpha value is -1.40. The molecule has 16 heavy (non-hydrogen) atoms. The highest BCUT2D eigenvalue weighted by molar-refractivity contribution is 5.57. The Morgan fingerprint density at radius 3 is 2.56 bits per heavy atom. The van der Waals surface area contributed by atoms with Crippen molar-refractivity contribution in [2.24, 2.45) is 5.84 Å². The van der Waals surface area contributed by atoms with Crippen LogP contribution in [0.3, 0.4) is 0 Å². The summed E-state index contributed by atoms with van der Waals surface area (Å²) >= 11 is 0. The SMILES string of the molecule is CCc1c(NN)ncnc1NC(CC)CO. The predicted octanol–water partition coefficient (Wildman–Crippen LogP) is 0.507. The number of rotatable bonds is 6. The van der Waals surface area contributed by atoms with Gasteiger partial charge in [-0.15, -0.1) is 0 Å². The largest absolute Gasteiger partial charge is 0.394 e. The minimum Gasteiger partial charge on any atom is -0.394 e. The van der Waals surface area contributed by atoms with Crippen LogP contribution in [-0.4, -0.2) is 27.7 Å². The standard InChI is InChI=1S/C10H19N5O/c1-3-7(5-16)14-9-8(4-2)10(15-11)13-6-12-9/h6-7,16H,3-5,11H2,1-2H3,(H2,12,13,14,15). The summed E-state index contributed by atoms with van der Waals surface area (Å²) in [5, 5.41) is 12.3. The van der Waals surface area contributed by atoms with Crippen molar-refractivity contribution < 1.29 is 5.11 Å².